The smallest absolute Gasteiger partial charge is 0.119 e. The van der Waals surface area contributed by atoms with Gasteiger partial charge in [0.1, 0.15) is 11.5 Å². The molecule has 0 N–H and O–H groups in total. The number of unbranched alkanes of at least 4 members (excludes halogenated alkanes) is 2. The minimum absolute atomic E-state index is 0.567. The minimum atomic E-state index is 0.567. The van der Waals surface area contributed by atoms with E-state index in [-0.39, 0.29) is 0 Å². The maximum Gasteiger partial charge on any atom is 0.119 e. The molecule has 0 amide bonds. The van der Waals surface area contributed by atoms with Gasteiger partial charge in [-0.1, -0.05) is 248 Å². The number of nitrogens with zero attached hydrogens (tertiary/aromatic N) is 2. The van der Waals surface area contributed by atoms with Crippen molar-refractivity contribution in [1.29, 1.82) is 0 Å². The lowest BCUT2D eigenvalue weighted by Gasteiger charge is -2.16. The van der Waals surface area contributed by atoms with Crippen molar-refractivity contribution in [2.45, 2.75) is 92.9 Å². The molecule has 4 nitrogen and oxygen atoms in total. The molecule has 0 saturated heterocycles. The van der Waals surface area contributed by atoms with Crippen LogP contribution in [0.5, 0.6) is 11.5 Å². The molecule has 2 heterocycles. The summed E-state index contributed by atoms with van der Waals surface area (Å²) in [5, 5.41) is 0. The molecule has 442 valence electrons. The highest BCUT2D eigenvalue weighted by Gasteiger charge is 2.15. The molecule has 2 unspecified atom stereocenters. The lowest BCUT2D eigenvalue weighted by atomic mass is 9.89. The van der Waals surface area contributed by atoms with Crippen LogP contribution in [0, 0.1) is 25.7 Å². The van der Waals surface area contributed by atoms with E-state index < -0.39 is 0 Å². The Kier molecular flexibility index (Phi) is 22.0. The summed E-state index contributed by atoms with van der Waals surface area (Å²) in [5.74, 6) is 2.98. The van der Waals surface area contributed by atoms with E-state index >= 15 is 0 Å². The van der Waals surface area contributed by atoms with E-state index in [0.29, 0.717) is 11.8 Å². The van der Waals surface area contributed by atoms with Crippen molar-refractivity contribution >= 4 is 48.6 Å². The van der Waals surface area contributed by atoms with Crippen molar-refractivity contribution in [3.63, 3.8) is 0 Å². The zero-order chi connectivity index (χ0) is 60.9. The summed E-state index contributed by atoms with van der Waals surface area (Å²) in [5.41, 5.74) is 22.5. The van der Waals surface area contributed by atoms with Crippen LogP contribution in [0.3, 0.4) is 0 Å². The maximum atomic E-state index is 6.40. The van der Waals surface area contributed by atoms with Gasteiger partial charge in [0.15, 0.2) is 0 Å². The fraction of sp³-hybridized carbons (Fsp3) is 0.214. The van der Waals surface area contributed by atoms with E-state index in [1.54, 1.807) is 0 Å². The summed E-state index contributed by atoms with van der Waals surface area (Å²) < 4.78 is 12.8. The molecule has 0 aliphatic heterocycles. The molecule has 0 saturated carbocycles. The molecule has 2 aromatic heterocycles. The number of ether oxygens (including phenoxy) is 2. The highest BCUT2D eigenvalue weighted by Crippen LogP contribution is 2.38. The maximum absolute atomic E-state index is 6.40. The predicted molar refractivity (Wildman–Crippen MR) is 378 cm³/mol. The van der Waals surface area contributed by atoms with Crippen LogP contribution < -0.4 is 9.47 Å². The van der Waals surface area contributed by atoms with Crippen molar-refractivity contribution in [2.75, 3.05) is 13.2 Å². The van der Waals surface area contributed by atoms with Gasteiger partial charge < -0.3 is 9.47 Å². The highest BCUT2D eigenvalue weighted by atomic mass is 16.5. The number of aryl methyl sites for hydroxylation is 2. The zero-order valence-corrected chi connectivity index (χ0v) is 52.3. The summed E-state index contributed by atoms with van der Waals surface area (Å²) in [4.78, 5) is 9.29. The van der Waals surface area contributed by atoms with E-state index in [1.165, 1.54) is 66.3 Å². The largest absolute Gasteiger partial charge is 0.493 e. The molecule has 0 aliphatic carbocycles. The van der Waals surface area contributed by atoms with Gasteiger partial charge in [-0.2, -0.15) is 0 Å². The first kappa shape index (κ1) is 61.7. The normalized spacial score (nSPS) is 12.4. The number of rotatable bonds is 27. The second-order valence-electron chi connectivity index (χ2n) is 23.4. The monoisotopic (exact) mass is 1150 g/mol. The number of aromatic nitrogens is 2. The average Bonchev–Trinajstić information content (AvgIpc) is 2.31. The summed E-state index contributed by atoms with van der Waals surface area (Å²) in [6.45, 7) is 14.9. The van der Waals surface area contributed by atoms with Crippen molar-refractivity contribution in [2.24, 2.45) is 11.8 Å². The molecule has 88 heavy (non-hydrogen) atoms. The molecule has 10 aromatic rings. The molecule has 0 aliphatic rings. The highest BCUT2D eigenvalue weighted by molar-refractivity contribution is 5.91. The van der Waals surface area contributed by atoms with Crippen LogP contribution in [0.25, 0.3) is 104 Å². The van der Waals surface area contributed by atoms with Crippen molar-refractivity contribution in [3.8, 4) is 67.1 Å². The summed E-state index contributed by atoms with van der Waals surface area (Å²) in [6, 6.07) is 74.1. The molecule has 0 bridgehead atoms. The van der Waals surface area contributed by atoms with Crippen molar-refractivity contribution in [3.05, 3.63) is 275 Å². The van der Waals surface area contributed by atoms with E-state index in [9.17, 15) is 0 Å². The number of hydrogen-bond donors (Lipinski definition) is 0. The number of benzene rings is 8. The third-order valence-corrected chi connectivity index (χ3v) is 16.9. The van der Waals surface area contributed by atoms with E-state index in [2.05, 4.69) is 270 Å². The SMILES string of the molecule is CCCCC(CC)COc1cccc(/C=C/c2cc(-c3ccc(-c4ccc(-c5cc(/C=C/c6ccccn6)c(-c6ccc(-c7ccc(C)cc7)cc6)cc5/C=C/c5ccccn5)cc4)cc3)c(/C=C/c3cccc(OCC(CC)CCCC)c3)cc2C)c1. The standard InChI is InChI=1S/C84H84N2O2/c1-7-11-19-63(9-3)59-87-80-25-17-21-65(54-80)29-33-74-56-82(75(53-62(74)6)34-30-66-22-18-26-81(55-66)88-60-64(10-4)20-12-8-2)71-41-37-69(38-42-71)70-39-45-73(46-40-70)84-58-76(47-49-78-23-13-15-51-85-78)83(57-77(84)48-50-79-24-14-16-52-86-79)72-43-35-68(36-44-72)67-31-27-61(5)28-32-67/h13-18,21-58,63-64H,7-12,19-20,59-60H2,1-6H3/b33-29+,34-30+,49-47+,50-48+. The molecule has 0 fully saturated rings. The van der Waals surface area contributed by atoms with Gasteiger partial charge in [-0.15, -0.1) is 0 Å². The first-order valence-electron chi connectivity index (χ1n) is 31.9. The van der Waals surface area contributed by atoms with Crippen LogP contribution >= 0.6 is 0 Å². The van der Waals surface area contributed by atoms with Crippen LogP contribution in [-0.2, 0) is 0 Å². The zero-order valence-electron chi connectivity index (χ0n) is 52.3. The van der Waals surface area contributed by atoms with Crippen LogP contribution in [0.2, 0.25) is 0 Å². The minimum Gasteiger partial charge on any atom is -0.493 e. The summed E-state index contributed by atoms with van der Waals surface area (Å²) in [6.07, 6.45) is 30.8. The summed E-state index contributed by atoms with van der Waals surface area (Å²) in [7, 11) is 0. The van der Waals surface area contributed by atoms with Gasteiger partial charge in [-0.3, -0.25) is 9.97 Å². The molecule has 10 rings (SSSR count). The predicted octanol–water partition coefficient (Wildman–Crippen LogP) is 23.3. The van der Waals surface area contributed by atoms with Gasteiger partial charge >= 0.3 is 0 Å². The fourth-order valence-corrected chi connectivity index (χ4v) is 11.3. The fourth-order valence-electron chi connectivity index (χ4n) is 11.3. The second kappa shape index (κ2) is 31.3. The van der Waals surface area contributed by atoms with E-state index in [4.69, 9.17) is 9.47 Å². The van der Waals surface area contributed by atoms with Gasteiger partial charge in [-0.25, -0.2) is 0 Å². The Morgan fingerprint density at radius 2 is 0.727 bits per heavy atom. The van der Waals surface area contributed by atoms with Crippen molar-refractivity contribution < 1.29 is 9.47 Å². The van der Waals surface area contributed by atoms with Crippen LogP contribution in [0.1, 0.15) is 135 Å². The average molecular weight is 1150 g/mol. The molecule has 8 aromatic carbocycles. The Morgan fingerprint density at radius 3 is 1.12 bits per heavy atom. The third-order valence-electron chi connectivity index (χ3n) is 16.9. The van der Waals surface area contributed by atoms with Gasteiger partial charge in [0, 0.05) is 12.4 Å². The van der Waals surface area contributed by atoms with E-state index in [0.717, 1.165) is 121 Å². The second-order valence-corrected chi connectivity index (χ2v) is 23.4. The lowest BCUT2D eigenvalue weighted by molar-refractivity contribution is 0.233. The Labute approximate surface area is 524 Å². The Hall–Kier alpha value is -9.38. The van der Waals surface area contributed by atoms with Crippen molar-refractivity contribution in [1.82, 2.24) is 9.97 Å². The molecular formula is C84H84N2O2. The van der Waals surface area contributed by atoms with Gasteiger partial charge in [0.05, 0.1) is 24.6 Å². The number of pyridine rings is 2. The quantitative estimate of drug-likeness (QED) is 0.0481. The number of hydrogen-bond acceptors (Lipinski definition) is 4. The first-order valence-corrected chi connectivity index (χ1v) is 31.9. The van der Waals surface area contributed by atoms with E-state index in [1.807, 2.05) is 48.8 Å². The van der Waals surface area contributed by atoms with Crippen LogP contribution in [0.4, 0.5) is 0 Å². The first-order chi connectivity index (χ1) is 43.2. The van der Waals surface area contributed by atoms with Crippen LogP contribution in [-0.4, -0.2) is 23.2 Å². The Bertz CT molecular complexity index is 3950. The topological polar surface area (TPSA) is 44.2 Å². The molecule has 2 atom stereocenters. The molecule has 4 heteroatoms. The summed E-state index contributed by atoms with van der Waals surface area (Å²) >= 11 is 0. The van der Waals surface area contributed by atoms with Gasteiger partial charge in [0.25, 0.3) is 0 Å². The van der Waals surface area contributed by atoms with Gasteiger partial charge in [-0.05, 0) is 212 Å². The molecule has 0 radical (unpaired) electrons. The van der Waals surface area contributed by atoms with Crippen LogP contribution in [0.15, 0.2) is 219 Å². The Morgan fingerprint density at radius 1 is 0.352 bits per heavy atom. The lowest BCUT2D eigenvalue weighted by Crippen LogP contribution is -2.11. The third kappa shape index (κ3) is 17.0. The molecule has 0 spiro atoms. The van der Waals surface area contributed by atoms with Gasteiger partial charge in [0.2, 0.25) is 0 Å². The molecular weight excluding hydrogens is 1070 g/mol. The Balaban J connectivity index is 0.971.